The number of hydrogen-bond acceptors (Lipinski definition) is 4. The molecule has 0 spiro atoms. The molecule has 6 heteroatoms. The maximum atomic E-state index is 12.8. The highest BCUT2D eigenvalue weighted by Crippen LogP contribution is 2.31. The number of thiophene rings is 1. The number of halogens is 1. The van der Waals surface area contributed by atoms with Gasteiger partial charge in [0.25, 0.3) is 5.91 Å². The minimum absolute atomic E-state index is 0.355. The molecule has 0 saturated heterocycles. The Morgan fingerprint density at radius 1 is 1.36 bits per heavy atom. The maximum absolute atomic E-state index is 12.8. The number of rotatable bonds is 6. The first-order valence-corrected chi connectivity index (χ1v) is 8.78. The van der Waals surface area contributed by atoms with Gasteiger partial charge in [0.1, 0.15) is 5.82 Å². The molecule has 0 aliphatic carbocycles. The number of hydrazone groups is 1. The van der Waals surface area contributed by atoms with Gasteiger partial charge >= 0.3 is 0 Å². The Hall–Kier alpha value is -1.66. The fourth-order valence-electron chi connectivity index (χ4n) is 1.77. The van der Waals surface area contributed by atoms with E-state index in [1.807, 2.05) is 0 Å². The van der Waals surface area contributed by atoms with Crippen LogP contribution < -0.4 is 5.43 Å². The molecule has 1 N–H and O–H groups in total. The lowest BCUT2D eigenvalue weighted by molar-refractivity contribution is 0.0955. The normalized spacial score (nSPS) is 11.0. The number of carbonyl (C=O) groups is 1. The lowest BCUT2D eigenvalue weighted by Crippen LogP contribution is -2.17. The molecule has 116 valence electrons. The van der Waals surface area contributed by atoms with Gasteiger partial charge < -0.3 is 0 Å². The van der Waals surface area contributed by atoms with Gasteiger partial charge in [-0.05, 0) is 42.5 Å². The summed E-state index contributed by atoms with van der Waals surface area (Å²) in [7, 11) is 0. The van der Waals surface area contributed by atoms with Crippen molar-refractivity contribution in [2.75, 3.05) is 5.75 Å². The highest BCUT2D eigenvalue weighted by Gasteiger charge is 2.07. The van der Waals surface area contributed by atoms with Crippen molar-refractivity contribution < 1.29 is 9.18 Å². The van der Waals surface area contributed by atoms with Crippen molar-refractivity contribution >= 4 is 35.2 Å². The zero-order valence-corrected chi connectivity index (χ0v) is 14.1. The van der Waals surface area contributed by atoms with E-state index < -0.39 is 0 Å². The molecule has 0 saturated carbocycles. The third-order valence-corrected chi connectivity index (χ3v) is 5.36. The summed E-state index contributed by atoms with van der Waals surface area (Å²) < 4.78 is 14.0. The van der Waals surface area contributed by atoms with E-state index in [1.165, 1.54) is 33.4 Å². The standard InChI is InChI=1S/C16H17FN2OS2/c1-3-14-9-12(16(22-14)21-4-2)10-18-19-15(20)11-5-7-13(17)8-6-11/h5-10H,3-4H2,1-2H3,(H,19,20). The average Bonchev–Trinajstić information content (AvgIpc) is 2.90. The zero-order valence-electron chi connectivity index (χ0n) is 12.4. The second kappa shape index (κ2) is 8.10. The van der Waals surface area contributed by atoms with E-state index in [4.69, 9.17) is 0 Å². The molecule has 22 heavy (non-hydrogen) atoms. The number of nitrogens with zero attached hydrogens (tertiary/aromatic N) is 1. The van der Waals surface area contributed by atoms with Crippen LogP contribution in [0, 0.1) is 5.82 Å². The summed E-state index contributed by atoms with van der Waals surface area (Å²) in [6, 6.07) is 7.45. The molecule has 0 fully saturated rings. The lowest BCUT2D eigenvalue weighted by Gasteiger charge is -1.99. The maximum Gasteiger partial charge on any atom is 0.271 e. The smallest absolute Gasteiger partial charge is 0.267 e. The molecule has 1 heterocycles. The van der Waals surface area contributed by atoms with Crippen molar-refractivity contribution in [2.45, 2.75) is 24.5 Å². The van der Waals surface area contributed by atoms with Gasteiger partial charge in [-0.25, -0.2) is 9.82 Å². The van der Waals surface area contributed by atoms with E-state index in [0.717, 1.165) is 17.7 Å². The Bertz CT molecular complexity index is 665. The van der Waals surface area contributed by atoms with Crippen LogP contribution in [-0.2, 0) is 6.42 Å². The van der Waals surface area contributed by atoms with E-state index in [2.05, 4.69) is 30.4 Å². The molecule has 0 unspecified atom stereocenters. The molecule has 0 bridgehead atoms. The average molecular weight is 336 g/mol. The molecule has 2 aromatic rings. The SMILES string of the molecule is CCSc1sc(CC)cc1C=NNC(=O)c1ccc(F)cc1. The predicted molar refractivity (Wildman–Crippen MR) is 91.6 cm³/mol. The Labute approximate surface area is 137 Å². The number of benzene rings is 1. The number of hydrogen-bond donors (Lipinski definition) is 1. The Kier molecular flexibility index (Phi) is 6.15. The van der Waals surface area contributed by atoms with Crippen LogP contribution in [0.4, 0.5) is 4.39 Å². The molecule has 3 nitrogen and oxygen atoms in total. The van der Waals surface area contributed by atoms with Gasteiger partial charge in [-0.2, -0.15) is 5.10 Å². The lowest BCUT2D eigenvalue weighted by atomic mass is 10.2. The van der Waals surface area contributed by atoms with Gasteiger partial charge in [-0.15, -0.1) is 23.1 Å². The number of nitrogens with one attached hydrogen (secondary N) is 1. The van der Waals surface area contributed by atoms with E-state index in [1.54, 1.807) is 29.3 Å². The highest BCUT2D eigenvalue weighted by molar-refractivity contribution is 8.01. The Balaban J connectivity index is 2.04. The molecule has 1 aromatic carbocycles. The first kappa shape index (κ1) is 16.7. The Morgan fingerprint density at radius 2 is 2.09 bits per heavy atom. The van der Waals surface area contributed by atoms with Crippen LogP contribution in [0.5, 0.6) is 0 Å². The fraction of sp³-hybridized carbons (Fsp3) is 0.250. The van der Waals surface area contributed by atoms with Crippen LogP contribution in [0.2, 0.25) is 0 Å². The summed E-state index contributed by atoms with van der Waals surface area (Å²) in [4.78, 5) is 13.2. The van der Waals surface area contributed by atoms with Crippen molar-refractivity contribution in [3.05, 3.63) is 52.2 Å². The number of thioether (sulfide) groups is 1. The first-order valence-electron chi connectivity index (χ1n) is 6.98. The van der Waals surface area contributed by atoms with Crippen molar-refractivity contribution in [2.24, 2.45) is 5.10 Å². The van der Waals surface area contributed by atoms with Gasteiger partial charge in [0.15, 0.2) is 0 Å². The summed E-state index contributed by atoms with van der Waals surface area (Å²) in [6.45, 7) is 4.22. The quantitative estimate of drug-likeness (QED) is 0.485. The highest BCUT2D eigenvalue weighted by atomic mass is 32.2. The summed E-state index contributed by atoms with van der Waals surface area (Å²) in [5, 5.41) is 4.01. The monoisotopic (exact) mass is 336 g/mol. The summed E-state index contributed by atoms with van der Waals surface area (Å²) in [5.41, 5.74) is 3.86. The van der Waals surface area contributed by atoms with Crippen LogP contribution in [0.3, 0.4) is 0 Å². The number of amides is 1. The van der Waals surface area contributed by atoms with Gasteiger partial charge in [0.2, 0.25) is 0 Å². The molecule has 0 aliphatic rings. The molecule has 0 aliphatic heterocycles. The summed E-state index contributed by atoms with van der Waals surface area (Å²) in [5.74, 6) is 0.269. The van der Waals surface area contributed by atoms with Crippen LogP contribution in [0.15, 0.2) is 39.6 Å². The van der Waals surface area contributed by atoms with Crippen molar-refractivity contribution in [3.8, 4) is 0 Å². The van der Waals surface area contributed by atoms with Gasteiger partial charge in [-0.1, -0.05) is 13.8 Å². The van der Waals surface area contributed by atoms with Crippen LogP contribution in [-0.4, -0.2) is 17.9 Å². The number of carbonyl (C=O) groups excluding carboxylic acids is 1. The predicted octanol–water partition coefficient (Wildman–Crippen LogP) is 4.33. The minimum Gasteiger partial charge on any atom is -0.267 e. The molecular formula is C16H17FN2OS2. The van der Waals surface area contributed by atoms with Crippen molar-refractivity contribution in [3.63, 3.8) is 0 Å². The molecule has 0 radical (unpaired) electrons. The fourth-order valence-corrected chi connectivity index (χ4v) is 4.02. The summed E-state index contributed by atoms with van der Waals surface area (Å²) in [6.07, 6.45) is 2.65. The third kappa shape index (κ3) is 4.42. The van der Waals surface area contributed by atoms with E-state index in [0.29, 0.717) is 5.56 Å². The van der Waals surface area contributed by atoms with Gasteiger partial charge in [-0.3, -0.25) is 4.79 Å². The van der Waals surface area contributed by atoms with Crippen LogP contribution in [0.1, 0.15) is 34.6 Å². The van der Waals surface area contributed by atoms with E-state index in [9.17, 15) is 9.18 Å². The molecular weight excluding hydrogens is 319 g/mol. The third-order valence-electron chi connectivity index (χ3n) is 2.88. The van der Waals surface area contributed by atoms with Gasteiger partial charge in [0, 0.05) is 16.0 Å². The first-order chi connectivity index (χ1) is 10.6. The zero-order chi connectivity index (χ0) is 15.9. The minimum atomic E-state index is -0.369. The van der Waals surface area contributed by atoms with E-state index in [-0.39, 0.29) is 11.7 Å². The van der Waals surface area contributed by atoms with Crippen molar-refractivity contribution in [1.29, 1.82) is 0 Å². The Morgan fingerprint density at radius 3 is 2.73 bits per heavy atom. The molecule has 1 aromatic heterocycles. The topological polar surface area (TPSA) is 41.5 Å². The van der Waals surface area contributed by atoms with Crippen LogP contribution in [0.25, 0.3) is 0 Å². The van der Waals surface area contributed by atoms with Crippen LogP contribution >= 0.6 is 23.1 Å². The van der Waals surface area contributed by atoms with E-state index >= 15 is 0 Å². The van der Waals surface area contributed by atoms with Gasteiger partial charge in [0.05, 0.1) is 10.4 Å². The molecule has 2 rings (SSSR count). The largest absolute Gasteiger partial charge is 0.271 e. The number of aryl methyl sites for hydroxylation is 1. The second-order valence-corrected chi connectivity index (χ2v) is 7.12. The molecule has 1 amide bonds. The van der Waals surface area contributed by atoms with Crippen molar-refractivity contribution in [1.82, 2.24) is 5.43 Å². The second-order valence-electron chi connectivity index (χ2n) is 4.45. The summed E-state index contributed by atoms with van der Waals surface area (Å²) >= 11 is 3.53. The molecule has 0 atom stereocenters.